The number of sulfonamides is 1. The van der Waals surface area contributed by atoms with Gasteiger partial charge in [0.25, 0.3) is 10.0 Å². The van der Waals surface area contributed by atoms with Crippen molar-refractivity contribution in [2.45, 2.75) is 50.1 Å². The second-order valence-electron chi connectivity index (χ2n) is 6.78. The number of pyridine rings is 1. The predicted octanol–water partition coefficient (Wildman–Crippen LogP) is 4.45. The fourth-order valence-corrected chi connectivity index (χ4v) is 5.97. The molecule has 6 nitrogen and oxygen atoms in total. The molecule has 1 aliphatic heterocycles. The van der Waals surface area contributed by atoms with Crippen molar-refractivity contribution in [1.29, 1.82) is 0 Å². The van der Waals surface area contributed by atoms with Gasteiger partial charge >= 0.3 is 0 Å². The Kier molecular flexibility index (Phi) is 5.01. The van der Waals surface area contributed by atoms with Crippen LogP contribution in [-0.2, 0) is 16.4 Å². The Balaban J connectivity index is 1.82. The third-order valence-electron chi connectivity index (χ3n) is 5.06. The molecule has 144 valence electrons. The van der Waals surface area contributed by atoms with E-state index in [0.29, 0.717) is 18.0 Å². The zero-order valence-corrected chi connectivity index (χ0v) is 16.7. The van der Waals surface area contributed by atoms with Crippen LogP contribution in [-0.4, -0.2) is 28.7 Å². The topological polar surface area (TPSA) is 67.8 Å². The van der Waals surface area contributed by atoms with Crippen LogP contribution in [0, 0.1) is 0 Å². The van der Waals surface area contributed by atoms with E-state index in [2.05, 4.69) is 4.98 Å². The van der Waals surface area contributed by atoms with Gasteiger partial charge in [-0.25, -0.2) is 13.4 Å². The number of halogens is 1. The Hall–Kier alpha value is -1.83. The number of aromatic nitrogens is 2. The normalized spacial score (nSPS) is 19.4. The Bertz CT molecular complexity index is 1060. The van der Waals surface area contributed by atoms with Gasteiger partial charge in [0.1, 0.15) is 17.2 Å². The van der Waals surface area contributed by atoms with E-state index in [-0.39, 0.29) is 16.2 Å². The summed E-state index contributed by atoms with van der Waals surface area (Å²) < 4.78 is 36.3. The molecule has 0 bridgehead atoms. The summed E-state index contributed by atoms with van der Waals surface area (Å²) in [7, 11) is -3.85. The zero-order valence-electron chi connectivity index (χ0n) is 15.1. The summed E-state index contributed by atoms with van der Waals surface area (Å²) in [5, 5.41) is 0.0202. The van der Waals surface area contributed by atoms with Crippen LogP contribution in [0.3, 0.4) is 0 Å². The molecule has 4 heterocycles. The van der Waals surface area contributed by atoms with Gasteiger partial charge in [-0.3, -0.25) is 4.40 Å². The second-order valence-corrected chi connectivity index (χ2v) is 8.94. The maximum absolute atomic E-state index is 13.6. The lowest BCUT2D eigenvalue weighted by molar-refractivity contribution is 0.279. The summed E-state index contributed by atoms with van der Waals surface area (Å²) >= 11 is 6.27. The SMILES string of the molecule is CCc1ccc(C2CCCCCN2S(=O)(=O)c2c(Cl)nc3ccccn23)o1. The van der Waals surface area contributed by atoms with Crippen molar-refractivity contribution in [2.24, 2.45) is 0 Å². The number of aryl methyl sites for hydroxylation is 1. The van der Waals surface area contributed by atoms with E-state index in [9.17, 15) is 8.42 Å². The first-order chi connectivity index (χ1) is 13.0. The van der Waals surface area contributed by atoms with Crippen molar-refractivity contribution in [2.75, 3.05) is 6.54 Å². The first-order valence-corrected chi connectivity index (χ1v) is 11.1. The third kappa shape index (κ3) is 3.28. The average Bonchev–Trinajstić information content (AvgIpc) is 3.17. The van der Waals surface area contributed by atoms with Crippen LogP contribution in [0.15, 0.2) is 46.0 Å². The maximum Gasteiger partial charge on any atom is 0.262 e. The number of fused-ring (bicyclic) bond motifs is 1. The molecule has 3 aromatic heterocycles. The fourth-order valence-electron chi connectivity index (χ4n) is 3.70. The molecular weight excluding hydrogens is 386 g/mol. The number of rotatable bonds is 4. The van der Waals surface area contributed by atoms with E-state index in [1.54, 1.807) is 33.1 Å². The lowest BCUT2D eigenvalue weighted by Crippen LogP contribution is -2.35. The first-order valence-electron chi connectivity index (χ1n) is 9.25. The lowest BCUT2D eigenvalue weighted by Gasteiger charge is -2.27. The summed E-state index contributed by atoms with van der Waals surface area (Å²) in [6, 6.07) is 8.80. The number of imidazole rings is 1. The molecule has 4 rings (SSSR count). The average molecular weight is 408 g/mol. The number of furan rings is 1. The number of nitrogens with zero attached hydrogens (tertiary/aromatic N) is 3. The molecule has 3 aromatic rings. The van der Waals surface area contributed by atoms with Gasteiger partial charge in [0.05, 0.1) is 6.04 Å². The van der Waals surface area contributed by atoms with Crippen molar-refractivity contribution in [3.05, 3.63) is 53.2 Å². The van der Waals surface area contributed by atoms with Crippen molar-refractivity contribution in [3.8, 4) is 0 Å². The van der Waals surface area contributed by atoms with E-state index in [0.717, 1.165) is 37.9 Å². The molecule has 1 saturated heterocycles. The zero-order chi connectivity index (χ0) is 19.0. The molecular formula is C19H22ClN3O3S. The van der Waals surface area contributed by atoms with Crippen LogP contribution >= 0.6 is 11.6 Å². The second kappa shape index (κ2) is 7.30. The van der Waals surface area contributed by atoms with Crippen LogP contribution in [0.2, 0.25) is 5.15 Å². The first kappa shape index (κ1) is 18.5. The van der Waals surface area contributed by atoms with Gasteiger partial charge < -0.3 is 4.42 Å². The van der Waals surface area contributed by atoms with Crippen LogP contribution in [0.4, 0.5) is 0 Å². The van der Waals surface area contributed by atoms with E-state index in [4.69, 9.17) is 16.0 Å². The molecule has 1 atom stereocenters. The van der Waals surface area contributed by atoms with Crippen molar-refractivity contribution in [3.63, 3.8) is 0 Å². The van der Waals surface area contributed by atoms with Gasteiger partial charge in [-0.05, 0) is 37.1 Å². The maximum atomic E-state index is 13.6. The quantitative estimate of drug-likeness (QED) is 0.640. The van der Waals surface area contributed by atoms with Crippen molar-refractivity contribution < 1.29 is 12.8 Å². The summed E-state index contributed by atoms with van der Waals surface area (Å²) in [6.45, 7) is 2.45. The highest BCUT2D eigenvalue weighted by Gasteiger charge is 2.38. The van der Waals surface area contributed by atoms with Crippen LogP contribution in [0.1, 0.15) is 50.2 Å². The molecule has 0 aliphatic carbocycles. The molecule has 0 radical (unpaired) electrons. The molecule has 0 spiro atoms. The number of hydrogen-bond acceptors (Lipinski definition) is 4. The highest BCUT2D eigenvalue weighted by molar-refractivity contribution is 7.89. The molecule has 8 heteroatoms. The summed E-state index contributed by atoms with van der Waals surface area (Å²) in [4.78, 5) is 4.21. The minimum Gasteiger partial charge on any atom is -0.464 e. The Morgan fingerprint density at radius 2 is 2.07 bits per heavy atom. The van der Waals surface area contributed by atoms with E-state index in [1.807, 2.05) is 19.1 Å². The minimum atomic E-state index is -3.85. The van der Waals surface area contributed by atoms with Gasteiger partial charge in [-0.1, -0.05) is 37.4 Å². The fraction of sp³-hybridized carbons (Fsp3) is 0.421. The summed E-state index contributed by atoms with van der Waals surface area (Å²) in [6.07, 6.45) is 5.94. The third-order valence-corrected chi connectivity index (χ3v) is 7.37. The molecule has 27 heavy (non-hydrogen) atoms. The van der Waals surface area contributed by atoms with Crippen molar-refractivity contribution >= 4 is 27.3 Å². The van der Waals surface area contributed by atoms with Crippen LogP contribution < -0.4 is 0 Å². The molecule has 0 aromatic carbocycles. The summed E-state index contributed by atoms with van der Waals surface area (Å²) in [5.41, 5.74) is 0.513. The Morgan fingerprint density at radius 3 is 2.85 bits per heavy atom. The van der Waals surface area contributed by atoms with Crippen molar-refractivity contribution in [1.82, 2.24) is 13.7 Å². The molecule has 0 N–H and O–H groups in total. The lowest BCUT2D eigenvalue weighted by atomic mass is 10.1. The smallest absolute Gasteiger partial charge is 0.262 e. The molecule has 1 aliphatic rings. The molecule has 0 amide bonds. The minimum absolute atomic E-state index is 0.00195. The van der Waals surface area contributed by atoms with E-state index >= 15 is 0 Å². The van der Waals surface area contributed by atoms with Crippen LogP contribution in [0.5, 0.6) is 0 Å². The van der Waals surface area contributed by atoms with E-state index < -0.39 is 10.0 Å². The molecule has 1 fully saturated rings. The largest absolute Gasteiger partial charge is 0.464 e. The van der Waals surface area contributed by atoms with Gasteiger partial charge in [0.15, 0.2) is 10.2 Å². The number of hydrogen-bond donors (Lipinski definition) is 0. The molecule has 0 saturated carbocycles. The van der Waals surface area contributed by atoms with Gasteiger partial charge in [-0.15, -0.1) is 0 Å². The Morgan fingerprint density at radius 1 is 1.22 bits per heavy atom. The Labute approximate surface area is 163 Å². The highest BCUT2D eigenvalue weighted by Crippen LogP contribution is 2.37. The van der Waals surface area contributed by atoms with Gasteiger partial charge in [-0.2, -0.15) is 4.31 Å². The van der Waals surface area contributed by atoms with Gasteiger partial charge in [0, 0.05) is 19.2 Å². The highest BCUT2D eigenvalue weighted by atomic mass is 35.5. The van der Waals surface area contributed by atoms with Crippen LogP contribution in [0.25, 0.3) is 5.65 Å². The van der Waals surface area contributed by atoms with Gasteiger partial charge in [0.2, 0.25) is 0 Å². The van der Waals surface area contributed by atoms with E-state index in [1.165, 1.54) is 0 Å². The summed E-state index contributed by atoms with van der Waals surface area (Å²) in [5.74, 6) is 1.56. The molecule has 1 unspecified atom stereocenters. The monoisotopic (exact) mass is 407 g/mol. The predicted molar refractivity (Wildman–Crippen MR) is 103 cm³/mol. The standard InChI is InChI=1S/C19H22ClN3O3S/c1-2-14-10-11-16(26-14)15-8-4-3-6-13-23(15)27(24,25)19-18(20)21-17-9-5-7-12-22(17)19/h5,7,9-12,15H,2-4,6,8,13H2,1H3.